The van der Waals surface area contributed by atoms with Crippen LogP contribution in [0.1, 0.15) is 5.56 Å². The number of nitrogens with zero attached hydrogens (tertiary/aromatic N) is 1. The van der Waals surface area contributed by atoms with Gasteiger partial charge < -0.3 is 5.32 Å². The summed E-state index contributed by atoms with van der Waals surface area (Å²) in [6, 6.07) is 5.98. The van der Waals surface area contributed by atoms with E-state index in [-0.39, 0.29) is 6.03 Å². The largest absolute Gasteiger partial charge is 0.336 e. The summed E-state index contributed by atoms with van der Waals surface area (Å²) in [5, 5.41) is 2.78. The van der Waals surface area contributed by atoms with Crippen molar-refractivity contribution in [2.45, 2.75) is 6.92 Å². The van der Waals surface area contributed by atoms with Crippen molar-refractivity contribution in [2.75, 3.05) is 18.0 Å². The summed E-state index contributed by atoms with van der Waals surface area (Å²) < 4.78 is 1.01. The van der Waals surface area contributed by atoms with Crippen LogP contribution in [-0.2, 0) is 0 Å². The van der Waals surface area contributed by atoms with E-state index in [4.69, 9.17) is 0 Å². The van der Waals surface area contributed by atoms with Gasteiger partial charge in [0.25, 0.3) is 0 Å². The molecular weight excluding hydrogens is 244 g/mol. The Morgan fingerprint density at radius 3 is 2.79 bits per heavy atom. The highest BCUT2D eigenvalue weighted by Gasteiger charge is 2.21. The van der Waals surface area contributed by atoms with E-state index in [9.17, 15) is 4.79 Å². The number of carbonyl (C=O) groups is 1. The number of hydrogen-bond acceptors (Lipinski definition) is 1. The highest BCUT2D eigenvalue weighted by Crippen LogP contribution is 2.23. The van der Waals surface area contributed by atoms with Crippen LogP contribution in [0.4, 0.5) is 10.5 Å². The number of urea groups is 1. The van der Waals surface area contributed by atoms with Crippen LogP contribution in [0.15, 0.2) is 22.7 Å². The molecule has 0 aliphatic carbocycles. The second-order valence-electron chi connectivity index (χ2n) is 3.37. The first-order valence-corrected chi connectivity index (χ1v) is 5.29. The summed E-state index contributed by atoms with van der Waals surface area (Å²) in [5.74, 6) is 0. The number of carbonyl (C=O) groups excluding carboxylic acids is 1. The summed E-state index contributed by atoms with van der Waals surface area (Å²) in [6.45, 7) is 3.49. The molecule has 1 aliphatic heterocycles. The molecule has 74 valence electrons. The summed E-state index contributed by atoms with van der Waals surface area (Å²) in [4.78, 5) is 13.1. The molecule has 1 fully saturated rings. The Kier molecular flexibility index (Phi) is 2.46. The zero-order valence-corrected chi connectivity index (χ0v) is 9.47. The maximum absolute atomic E-state index is 11.4. The van der Waals surface area contributed by atoms with Crippen molar-refractivity contribution in [3.63, 3.8) is 0 Å². The van der Waals surface area contributed by atoms with Gasteiger partial charge in [-0.25, -0.2) is 4.79 Å². The molecule has 14 heavy (non-hydrogen) atoms. The molecule has 1 aliphatic rings. The minimum atomic E-state index is -0.0116. The average Bonchev–Trinajstić information content (AvgIpc) is 2.49. The van der Waals surface area contributed by atoms with Gasteiger partial charge in [-0.3, -0.25) is 4.90 Å². The molecule has 1 heterocycles. The zero-order valence-electron chi connectivity index (χ0n) is 7.88. The Morgan fingerprint density at radius 2 is 2.21 bits per heavy atom. The lowest BCUT2D eigenvalue weighted by molar-refractivity contribution is 0.252. The van der Waals surface area contributed by atoms with Gasteiger partial charge in [0.1, 0.15) is 0 Å². The van der Waals surface area contributed by atoms with Gasteiger partial charge in [-0.2, -0.15) is 0 Å². The Balaban J connectivity index is 2.35. The Labute approximate surface area is 91.2 Å². The number of benzene rings is 1. The van der Waals surface area contributed by atoms with E-state index < -0.39 is 0 Å². The average molecular weight is 255 g/mol. The van der Waals surface area contributed by atoms with Crippen LogP contribution < -0.4 is 10.2 Å². The standard InChI is InChI=1S/C10H11BrN2O/c1-7-4-8(11)6-9(5-7)13-3-2-12-10(13)14/h4-6H,2-3H2,1H3,(H,12,14). The third-order valence-corrected chi connectivity index (χ3v) is 2.65. The van der Waals surface area contributed by atoms with Crippen LogP contribution in [0.3, 0.4) is 0 Å². The quantitative estimate of drug-likeness (QED) is 0.820. The number of halogens is 1. The predicted molar refractivity (Wildman–Crippen MR) is 59.6 cm³/mol. The van der Waals surface area contributed by atoms with Crippen LogP contribution in [0, 0.1) is 6.92 Å². The van der Waals surface area contributed by atoms with E-state index in [1.54, 1.807) is 4.90 Å². The second-order valence-corrected chi connectivity index (χ2v) is 4.29. The van der Waals surface area contributed by atoms with Gasteiger partial charge >= 0.3 is 6.03 Å². The number of rotatable bonds is 1. The van der Waals surface area contributed by atoms with Crippen molar-refractivity contribution in [1.82, 2.24) is 5.32 Å². The lowest BCUT2D eigenvalue weighted by Crippen LogP contribution is -2.27. The Bertz CT molecular complexity index is 358. The molecule has 0 spiro atoms. The van der Waals surface area contributed by atoms with Gasteiger partial charge in [0.15, 0.2) is 0 Å². The first-order chi connectivity index (χ1) is 6.66. The van der Waals surface area contributed by atoms with Crippen molar-refractivity contribution >= 4 is 27.6 Å². The van der Waals surface area contributed by atoms with Crippen molar-refractivity contribution in [1.29, 1.82) is 0 Å². The molecule has 0 unspecified atom stereocenters. The van der Waals surface area contributed by atoms with E-state index in [1.165, 1.54) is 0 Å². The van der Waals surface area contributed by atoms with Crippen molar-refractivity contribution in [3.05, 3.63) is 28.2 Å². The van der Waals surface area contributed by atoms with E-state index in [0.29, 0.717) is 0 Å². The summed E-state index contributed by atoms with van der Waals surface area (Å²) in [6.07, 6.45) is 0. The van der Waals surface area contributed by atoms with Gasteiger partial charge in [0.05, 0.1) is 0 Å². The normalized spacial score (nSPS) is 15.9. The van der Waals surface area contributed by atoms with Crippen molar-refractivity contribution in [3.8, 4) is 0 Å². The first kappa shape index (κ1) is 9.52. The highest BCUT2D eigenvalue weighted by atomic mass is 79.9. The molecule has 0 saturated carbocycles. The molecule has 1 aromatic rings. The molecular formula is C10H11BrN2O. The van der Waals surface area contributed by atoms with Gasteiger partial charge in [0.2, 0.25) is 0 Å². The third-order valence-electron chi connectivity index (χ3n) is 2.20. The fraction of sp³-hybridized carbons (Fsp3) is 0.300. The fourth-order valence-corrected chi connectivity index (χ4v) is 2.19. The Morgan fingerprint density at radius 1 is 1.43 bits per heavy atom. The molecule has 3 nitrogen and oxygen atoms in total. The number of amides is 2. The topological polar surface area (TPSA) is 32.3 Å². The molecule has 2 rings (SSSR count). The van der Waals surface area contributed by atoms with Gasteiger partial charge in [-0.05, 0) is 30.7 Å². The van der Waals surface area contributed by atoms with Gasteiger partial charge in [-0.15, -0.1) is 0 Å². The second kappa shape index (κ2) is 3.61. The van der Waals surface area contributed by atoms with Crippen molar-refractivity contribution in [2.24, 2.45) is 0 Å². The maximum atomic E-state index is 11.4. The minimum absolute atomic E-state index is 0.0116. The SMILES string of the molecule is Cc1cc(Br)cc(N2CCNC2=O)c1. The van der Waals surface area contributed by atoms with E-state index in [0.717, 1.165) is 28.8 Å². The van der Waals surface area contributed by atoms with E-state index in [2.05, 4.69) is 21.2 Å². The van der Waals surface area contributed by atoms with E-state index >= 15 is 0 Å². The lowest BCUT2D eigenvalue weighted by atomic mass is 10.2. The zero-order chi connectivity index (χ0) is 10.1. The number of nitrogens with one attached hydrogen (secondary N) is 1. The van der Waals surface area contributed by atoms with Gasteiger partial charge in [-0.1, -0.05) is 15.9 Å². The molecule has 1 saturated heterocycles. The summed E-state index contributed by atoms with van der Waals surface area (Å²) >= 11 is 3.42. The monoisotopic (exact) mass is 254 g/mol. The Hall–Kier alpha value is -1.03. The van der Waals surface area contributed by atoms with E-state index in [1.807, 2.05) is 25.1 Å². The molecule has 1 aromatic carbocycles. The number of anilines is 1. The molecule has 1 N–H and O–H groups in total. The fourth-order valence-electron chi connectivity index (χ4n) is 1.59. The van der Waals surface area contributed by atoms with Crippen LogP contribution in [0.5, 0.6) is 0 Å². The predicted octanol–water partition coefficient (Wildman–Crippen LogP) is 2.29. The van der Waals surface area contributed by atoms with Crippen LogP contribution in [0.25, 0.3) is 0 Å². The number of aryl methyl sites for hydroxylation is 1. The van der Waals surface area contributed by atoms with Gasteiger partial charge in [0, 0.05) is 23.2 Å². The van der Waals surface area contributed by atoms with Crippen molar-refractivity contribution < 1.29 is 4.79 Å². The molecule has 2 amide bonds. The first-order valence-electron chi connectivity index (χ1n) is 4.49. The molecule has 0 atom stereocenters. The third kappa shape index (κ3) is 1.75. The minimum Gasteiger partial charge on any atom is -0.336 e. The summed E-state index contributed by atoms with van der Waals surface area (Å²) in [5.41, 5.74) is 2.10. The molecule has 0 aromatic heterocycles. The van der Waals surface area contributed by atoms with Crippen LogP contribution in [0.2, 0.25) is 0 Å². The number of hydrogen-bond donors (Lipinski definition) is 1. The highest BCUT2D eigenvalue weighted by molar-refractivity contribution is 9.10. The molecule has 4 heteroatoms. The van der Waals surface area contributed by atoms with Crippen LogP contribution in [-0.4, -0.2) is 19.1 Å². The van der Waals surface area contributed by atoms with Crippen LogP contribution >= 0.6 is 15.9 Å². The molecule has 0 bridgehead atoms. The lowest BCUT2D eigenvalue weighted by Gasteiger charge is -2.15. The molecule has 0 radical (unpaired) electrons. The maximum Gasteiger partial charge on any atom is 0.321 e. The summed E-state index contributed by atoms with van der Waals surface area (Å²) in [7, 11) is 0. The smallest absolute Gasteiger partial charge is 0.321 e.